The summed E-state index contributed by atoms with van der Waals surface area (Å²) in [5.74, 6) is -0.0552. The van der Waals surface area contributed by atoms with Gasteiger partial charge >= 0.3 is 0 Å². The van der Waals surface area contributed by atoms with Gasteiger partial charge in [0.1, 0.15) is 4.88 Å². The molecule has 0 atom stereocenters. The summed E-state index contributed by atoms with van der Waals surface area (Å²) < 4.78 is 0. The summed E-state index contributed by atoms with van der Waals surface area (Å²) in [7, 11) is 0. The van der Waals surface area contributed by atoms with Crippen LogP contribution in [-0.2, 0) is 13.1 Å². The summed E-state index contributed by atoms with van der Waals surface area (Å²) in [6, 6.07) is 18.3. The van der Waals surface area contributed by atoms with Crippen LogP contribution >= 0.6 is 11.3 Å². The Morgan fingerprint density at radius 2 is 1.71 bits per heavy atom. The summed E-state index contributed by atoms with van der Waals surface area (Å²) in [6.45, 7) is 5.77. The largest absolute Gasteiger partial charge is 0.347 e. The van der Waals surface area contributed by atoms with Crippen molar-refractivity contribution in [2.24, 2.45) is 0 Å². The molecule has 1 N–H and O–H groups in total. The highest BCUT2D eigenvalue weighted by atomic mass is 32.1. The Morgan fingerprint density at radius 1 is 1.04 bits per heavy atom. The molecule has 1 amide bonds. The van der Waals surface area contributed by atoms with E-state index < -0.39 is 0 Å². The van der Waals surface area contributed by atoms with Crippen LogP contribution < -0.4 is 5.32 Å². The van der Waals surface area contributed by atoms with E-state index in [2.05, 4.69) is 33.4 Å². The van der Waals surface area contributed by atoms with Gasteiger partial charge < -0.3 is 5.32 Å². The van der Waals surface area contributed by atoms with E-state index in [-0.39, 0.29) is 5.91 Å². The fourth-order valence-corrected chi connectivity index (χ4v) is 4.55. The minimum atomic E-state index is -0.0552. The Morgan fingerprint density at radius 3 is 2.46 bits per heavy atom. The van der Waals surface area contributed by atoms with Gasteiger partial charge in [0, 0.05) is 18.7 Å². The van der Waals surface area contributed by atoms with E-state index >= 15 is 0 Å². The van der Waals surface area contributed by atoms with Crippen LogP contribution in [0.15, 0.2) is 54.6 Å². The molecule has 4 nitrogen and oxygen atoms in total. The summed E-state index contributed by atoms with van der Waals surface area (Å²) >= 11 is 1.45. The fraction of sp³-hybridized carbons (Fsp3) is 0.304. The Labute approximate surface area is 170 Å². The van der Waals surface area contributed by atoms with Crippen molar-refractivity contribution in [1.82, 2.24) is 15.2 Å². The number of benzene rings is 2. The molecule has 3 aromatic rings. The van der Waals surface area contributed by atoms with Crippen molar-refractivity contribution in [3.63, 3.8) is 0 Å². The van der Waals surface area contributed by atoms with Gasteiger partial charge in [-0.2, -0.15) is 0 Å². The number of aryl methyl sites for hydroxylation is 1. The average Bonchev–Trinajstić information content (AvgIpc) is 3.37. The third-order valence-corrected chi connectivity index (χ3v) is 6.11. The van der Waals surface area contributed by atoms with Crippen LogP contribution in [0.1, 0.15) is 38.6 Å². The van der Waals surface area contributed by atoms with Crippen LogP contribution in [0.2, 0.25) is 0 Å². The van der Waals surface area contributed by atoms with Crippen LogP contribution in [0.4, 0.5) is 0 Å². The van der Waals surface area contributed by atoms with Gasteiger partial charge in [-0.3, -0.25) is 9.69 Å². The molecule has 1 saturated heterocycles. The van der Waals surface area contributed by atoms with Gasteiger partial charge in [-0.1, -0.05) is 54.6 Å². The Hall–Kier alpha value is -2.50. The number of hydrogen-bond acceptors (Lipinski definition) is 4. The predicted octanol–water partition coefficient (Wildman–Crippen LogP) is 4.64. The molecule has 0 saturated carbocycles. The van der Waals surface area contributed by atoms with Gasteiger partial charge in [-0.25, -0.2) is 4.98 Å². The van der Waals surface area contributed by atoms with Gasteiger partial charge in [0.2, 0.25) is 0 Å². The summed E-state index contributed by atoms with van der Waals surface area (Å²) in [6.07, 6.45) is 2.57. The van der Waals surface area contributed by atoms with Crippen molar-refractivity contribution in [2.45, 2.75) is 32.9 Å². The summed E-state index contributed by atoms with van der Waals surface area (Å²) in [5.41, 5.74) is 4.23. The third kappa shape index (κ3) is 4.32. The molecule has 2 heterocycles. The van der Waals surface area contributed by atoms with E-state index in [1.165, 1.54) is 48.4 Å². The third-order valence-electron chi connectivity index (χ3n) is 5.14. The average molecular weight is 392 g/mol. The zero-order valence-corrected chi connectivity index (χ0v) is 17.0. The monoisotopic (exact) mass is 391 g/mol. The number of aromatic nitrogens is 1. The van der Waals surface area contributed by atoms with Crippen LogP contribution in [0.25, 0.3) is 11.3 Å². The molecule has 144 valence electrons. The molecule has 0 unspecified atom stereocenters. The molecule has 0 spiro atoms. The Kier molecular flexibility index (Phi) is 5.84. The number of likely N-dealkylation sites (tertiary alicyclic amines) is 1. The van der Waals surface area contributed by atoms with E-state index in [0.717, 1.165) is 22.8 Å². The van der Waals surface area contributed by atoms with Crippen LogP contribution in [0.3, 0.4) is 0 Å². The second-order valence-corrected chi connectivity index (χ2v) is 8.41. The number of rotatable bonds is 6. The molecule has 1 aliphatic heterocycles. The lowest BCUT2D eigenvalue weighted by Gasteiger charge is -2.17. The van der Waals surface area contributed by atoms with Gasteiger partial charge in [-0.15, -0.1) is 11.3 Å². The molecule has 2 aromatic carbocycles. The van der Waals surface area contributed by atoms with Gasteiger partial charge in [-0.05, 0) is 44.0 Å². The number of hydrogen-bond donors (Lipinski definition) is 1. The molecule has 1 aromatic heterocycles. The molecule has 28 heavy (non-hydrogen) atoms. The summed E-state index contributed by atoms with van der Waals surface area (Å²) in [5, 5.41) is 4.02. The maximum absolute atomic E-state index is 12.9. The van der Waals surface area contributed by atoms with E-state index in [1.54, 1.807) is 0 Å². The van der Waals surface area contributed by atoms with Gasteiger partial charge in [0.25, 0.3) is 5.91 Å². The van der Waals surface area contributed by atoms with Crippen molar-refractivity contribution in [3.05, 3.63) is 75.6 Å². The number of nitrogens with one attached hydrogen (secondary N) is 1. The van der Waals surface area contributed by atoms with E-state index in [4.69, 9.17) is 0 Å². The zero-order valence-electron chi connectivity index (χ0n) is 16.1. The SMILES string of the molecule is Cc1nc(-c2ccccc2)c(C(=O)NCc2ccccc2CN2CCCC2)s1. The molecule has 1 aliphatic rings. The lowest BCUT2D eigenvalue weighted by molar-refractivity contribution is 0.0955. The van der Waals surface area contributed by atoms with E-state index in [1.807, 2.05) is 43.3 Å². The highest BCUT2D eigenvalue weighted by Crippen LogP contribution is 2.28. The molecule has 0 bridgehead atoms. The standard InChI is InChI=1S/C23H25N3OS/c1-17-25-21(18-9-3-2-4-10-18)22(28-17)23(27)24-15-19-11-5-6-12-20(19)16-26-13-7-8-14-26/h2-6,9-12H,7-8,13-16H2,1H3,(H,24,27). The van der Waals surface area contributed by atoms with Crippen molar-refractivity contribution in [3.8, 4) is 11.3 Å². The topological polar surface area (TPSA) is 45.2 Å². The highest BCUT2D eigenvalue weighted by Gasteiger charge is 2.19. The van der Waals surface area contributed by atoms with Crippen LogP contribution in [0.5, 0.6) is 0 Å². The first-order valence-electron chi connectivity index (χ1n) is 9.81. The van der Waals surface area contributed by atoms with Crippen molar-refractivity contribution in [1.29, 1.82) is 0 Å². The lowest BCUT2D eigenvalue weighted by Crippen LogP contribution is -2.24. The quantitative estimate of drug-likeness (QED) is 0.666. The second-order valence-electron chi connectivity index (χ2n) is 7.21. The predicted molar refractivity (Wildman–Crippen MR) is 114 cm³/mol. The number of amides is 1. The van der Waals surface area contributed by atoms with Crippen molar-refractivity contribution in [2.75, 3.05) is 13.1 Å². The molecule has 0 radical (unpaired) electrons. The number of carbonyl (C=O) groups is 1. The van der Waals surface area contributed by atoms with Crippen molar-refractivity contribution >= 4 is 17.2 Å². The first kappa shape index (κ1) is 18.8. The van der Waals surface area contributed by atoms with Gasteiger partial charge in [0.05, 0.1) is 10.7 Å². The Bertz CT molecular complexity index is 945. The Balaban J connectivity index is 1.49. The van der Waals surface area contributed by atoms with E-state index in [0.29, 0.717) is 11.4 Å². The van der Waals surface area contributed by atoms with Crippen LogP contribution in [0, 0.1) is 6.92 Å². The maximum atomic E-state index is 12.9. The highest BCUT2D eigenvalue weighted by molar-refractivity contribution is 7.14. The first-order chi connectivity index (χ1) is 13.7. The molecule has 5 heteroatoms. The summed E-state index contributed by atoms with van der Waals surface area (Å²) in [4.78, 5) is 20.7. The van der Waals surface area contributed by atoms with Crippen LogP contribution in [-0.4, -0.2) is 28.9 Å². The molecule has 4 rings (SSSR count). The second kappa shape index (κ2) is 8.67. The molecule has 1 fully saturated rings. The zero-order chi connectivity index (χ0) is 19.3. The maximum Gasteiger partial charge on any atom is 0.263 e. The number of carbonyl (C=O) groups excluding carboxylic acids is 1. The molecular formula is C23H25N3OS. The first-order valence-corrected chi connectivity index (χ1v) is 10.6. The fourth-order valence-electron chi connectivity index (χ4n) is 3.69. The molecular weight excluding hydrogens is 366 g/mol. The smallest absolute Gasteiger partial charge is 0.263 e. The van der Waals surface area contributed by atoms with E-state index in [9.17, 15) is 4.79 Å². The molecule has 0 aliphatic carbocycles. The normalized spacial score (nSPS) is 14.3. The minimum absolute atomic E-state index is 0.0552. The minimum Gasteiger partial charge on any atom is -0.347 e. The number of thiazole rings is 1. The number of nitrogens with zero attached hydrogens (tertiary/aromatic N) is 2. The lowest BCUT2D eigenvalue weighted by atomic mass is 10.1. The van der Waals surface area contributed by atoms with Gasteiger partial charge in [0.15, 0.2) is 0 Å². The van der Waals surface area contributed by atoms with Crippen molar-refractivity contribution < 1.29 is 4.79 Å².